The molecule has 3 aliphatic heterocycles. The van der Waals surface area contributed by atoms with Gasteiger partial charge >= 0.3 is 0 Å². The third kappa shape index (κ3) is 8.20. The van der Waals surface area contributed by atoms with Crippen molar-refractivity contribution in [3.05, 3.63) is 63.8 Å². The Morgan fingerprint density at radius 1 is 1.02 bits per heavy atom. The molecule has 7 heterocycles. The molecule has 0 aliphatic carbocycles. The first kappa shape index (κ1) is 41.9. The number of para-hydroxylation sites is 1. The zero-order chi connectivity index (χ0) is 43.2. The van der Waals surface area contributed by atoms with Crippen LogP contribution in [0.1, 0.15) is 76.9 Å². The van der Waals surface area contributed by atoms with Crippen molar-refractivity contribution in [3.63, 3.8) is 0 Å². The number of aryl methyl sites for hydroxylation is 1. The lowest BCUT2D eigenvalue weighted by Gasteiger charge is -2.46. The van der Waals surface area contributed by atoms with E-state index in [2.05, 4.69) is 41.8 Å². The van der Waals surface area contributed by atoms with Crippen LogP contribution >= 0.6 is 11.6 Å². The Hall–Kier alpha value is -5.81. The number of carbonyl (C=O) groups excluding carboxylic acids is 3. The minimum Gasteiger partial charge on any atom is -0.478 e. The van der Waals surface area contributed by atoms with E-state index in [0.29, 0.717) is 65.1 Å². The van der Waals surface area contributed by atoms with Crippen LogP contribution in [0.4, 0.5) is 23.1 Å². The lowest BCUT2D eigenvalue weighted by Crippen LogP contribution is -2.51. The highest BCUT2D eigenvalue weighted by Gasteiger charge is 2.43. The number of nitrogens with one attached hydrogen (secondary N) is 3. The number of piperidine rings is 3. The molecule has 17 nitrogen and oxygen atoms in total. The summed E-state index contributed by atoms with van der Waals surface area (Å²) in [5.74, 6) is -0.170. The van der Waals surface area contributed by atoms with Crippen molar-refractivity contribution in [3.8, 4) is 5.75 Å². The molecular weight excluding hydrogens is 802 g/mol. The monoisotopic (exact) mass is 853 g/mol. The zero-order valence-electron chi connectivity index (χ0n) is 35.1. The van der Waals surface area contributed by atoms with Gasteiger partial charge in [0.05, 0.1) is 46.5 Å². The second-order valence-electron chi connectivity index (χ2n) is 16.8. The van der Waals surface area contributed by atoms with Crippen LogP contribution in [0.25, 0.3) is 21.9 Å². The highest BCUT2D eigenvalue weighted by molar-refractivity contribution is 6.33. The van der Waals surface area contributed by atoms with Crippen LogP contribution in [0.3, 0.4) is 0 Å². The average Bonchev–Trinajstić information content (AvgIpc) is 3.59. The maximum atomic E-state index is 13.2. The van der Waals surface area contributed by atoms with Gasteiger partial charge in [0.15, 0.2) is 18.2 Å². The van der Waals surface area contributed by atoms with Crippen LogP contribution in [-0.2, 0) is 21.4 Å². The van der Waals surface area contributed by atoms with Gasteiger partial charge in [0, 0.05) is 63.5 Å². The van der Waals surface area contributed by atoms with Gasteiger partial charge in [0.25, 0.3) is 11.5 Å². The molecule has 61 heavy (non-hydrogen) atoms. The molecule has 1 aromatic carbocycles. The molecular formula is C43H52ClN11O6. The van der Waals surface area contributed by atoms with E-state index in [4.69, 9.17) is 26.4 Å². The van der Waals surface area contributed by atoms with E-state index >= 15 is 0 Å². The number of halogens is 1. The molecule has 0 bridgehead atoms. The molecule has 2 unspecified atom stereocenters. The smallest absolute Gasteiger partial charge is 0.294 e. The van der Waals surface area contributed by atoms with Crippen LogP contribution in [0.5, 0.6) is 5.75 Å². The Morgan fingerprint density at radius 2 is 1.72 bits per heavy atom. The summed E-state index contributed by atoms with van der Waals surface area (Å²) in [5, 5.41) is 27.0. The van der Waals surface area contributed by atoms with E-state index in [1.165, 1.54) is 11.6 Å². The number of rotatable bonds is 11. The number of likely N-dealkylation sites (N-methyl/N-ethyl adjacent to an activating group) is 1. The van der Waals surface area contributed by atoms with E-state index in [-0.39, 0.29) is 53.5 Å². The van der Waals surface area contributed by atoms with Gasteiger partial charge in [0.1, 0.15) is 10.7 Å². The van der Waals surface area contributed by atoms with Crippen LogP contribution < -0.4 is 36.0 Å². The quantitative estimate of drug-likeness (QED) is 0.135. The first-order chi connectivity index (χ1) is 29.2. The third-order valence-corrected chi connectivity index (χ3v) is 13.0. The minimum absolute atomic E-state index is 0.0426. The van der Waals surface area contributed by atoms with Crippen LogP contribution in [0.15, 0.2) is 47.5 Å². The fourth-order valence-electron chi connectivity index (χ4n) is 9.31. The van der Waals surface area contributed by atoms with Gasteiger partial charge in [-0.25, -0.2) is 9.97 Å². The van der Waals surface area contributed by atoms with Gasteiger partial charge in [-0.15, -0.1) is 0 Å². The minimum atomic E-state index is -0.861. The molecule has 0 saturated carbocycles. The normalized spacial score (nSPS) is 19.0. The van der Waals surface area contributed by atoms with Gasteiger partial charge in [-0.1, -0.05) is 23.7 Å². The molecule has 4 aromatic heterocycles. The van der Waals surface area contributed by atoms with Crippen LogP contribution in [0, 0.1) is 11.8 Å². The van der Waals surface area contributed by atoms with Crippen molar-refractivity contribution in [2.24, 2.45) is 18.9 Å². The molecule has 18 heteroatoms. The predicted molar refractivity (Wildman–Crippen MR) is 233 cm³/mol. The number of aromatic nitrogens is 6. The molecule has 4 N–H and O–H groups in total. The average molecular weight is 854 g/mol. The standard InChI is InChI=1S/C43H52ClN11O6/c1-24(2)55-39-25(20-33(41(55)59)61-23-35(57)45-4)19-28(21-46-39)48-38-31(44)22-47-42(50-38)54-17-13-27(14-18-54)43(3,60)26-11-15-53(16-12-26)32-8-6-7-29-36(51-52(5)37(29)32)30-9-10-34(56)49-40(30)58/h6-8,19-22,24,26-27,30,60H,9-18,23H2,1-5H3,(H,45,57)(H,47,48,50)(H,49,56,58). The fraction of sp³-hybridized carbons (Fsp3) is 0.488. The molecule has 3 amide bonds. The van der Waals surface area contributed by atoms with Crippen molar-refractivity contribution in [1.82, 2.24) is 39.9 Å². The number of imide groups is 1. The zero-order valence-corrected chi connectivity index (χ0v) is 35.8. The highest BCUT2D eigenvalue weighted by atomic mass is 35.5. The number of benzene rings is 1. The maximum Gasteiger partial charge on any atom is 0.294 e. The van der Waals surface area contributed by atoms with Gasteiger partial charge < -0.3 is 30.3 Å². The number of anilines is 4. The molecule has 8 rings (SSSR count). The third-order valence-electron chi connectivity index (χ3n) is 12.7. The summed E-state index contributed by atoms with van der Waals surface area (Å²) in [6, 6.07) is 9.29. The molecule has 0 spiro atoms. The van der Waals surface area contributed by atoms with Crippen LogP contribution in [0.2, 0.25) is 5.02 Å². The van der Waals surface area contributed by atoms with E-state index in [9.17, 15) is 24.3 Å². The van der Waals surface area contributed by atoms with Crippen molar-refractivity contribution in [1.29, 1.82) is 0 Å². The number of amides is 3. The summed E-state index contributed by atoms with van der Waals surface area (Å²) < 4.78 is 8.97. The van der Waals surface area contributed by atoms with Gasteiger partial charge in [-0.3, -0.25) is 33.7 Å². The molecule has 3 fully saturated rings. The summed E-state index contributed by atoms with van der Waals surface area (Å²) in [6.07, 6.45) is 7.14. The Morgan fingerprint density at radius 3 is 2.39 bits per heavy atom. The number of carbonyl (C=O) groups is 3. The Balaban J connectivity index is 0.911. The number of aliphatic hydroxyl groups is 1. The second-order valence-corrected chi connectivity index (χ2v) is 17.2. The van der Waals surface area contributed by atoms with Gasteiger partial charge in [-0.05, 0) is 82.9 Å². The number of ether oxygens (including phenoxy) is 1. The number of nitrogens with zero attached hydrogens (tertiary/aromatic N) is 8. The highest BCUT2D eigenvalue weighted by Crippen LogP contribution is 2.42. The lowest BCUT2D eigenvalue weighted by molar-refractivity contribution is -0.134. The molecule has 5 aromatic rings. The summed E-state index contributed by atoms with van der Waals surface area (Å²) in [5.41, 5.74) is 2.55. The lowest BCUT2D eigenvalue weighted by atomic mass is 9.70. The first-order valence-corrected chi connectivity index (χ1v) is 21.3. The van der Waals surface area contributed by atoms with Crippen molar-refractivity contribution in [2.75, 3.05) is 55.0 Å². The van der Waals surface area contributed by atoms with E-state index < -0.39 is 11.5 Å². The fourth-order valence-corrected chi connectivity index (χ4v) is 9.45. The number of hydrogen-bond acceptors (Lipinski definition) is 13. The van der Waals surface area contributed by atoms with Gasteiger partial charge in [-0.2, -0.15) is 10.1 Å². The van der Waals surface area contributed by atoms with Gasteiger partial charge in [0.2, 0.25) is 17.8 Å². The summed E-state index contributed by atoms with van der Waals surface area (Å²) in [4.78, 5) is 68.0. The number of hydrogen-bond donors (Lipinski definition) is 4. The molecule has 3 saturated heterocycles. The summed E-state index contributed by atoms with van der Waals surface area (Å²) >= 11 is 6.60. The largest absolute Gasteiger partial charge is 0.478 e. The summed E-state index contributed by atoms with van der Waals surface area (Å²) in [7, 11) is 3.40. The maximum absolute atomic E-state index is 13.2. The second kappa shape index (κ2) is 16.9. The summed E-state index contributed by atoms with van der Waals surface area (Å²) in [6.45, 7) is 8.36. The number of pyridine rings is 2. The Bertz CT molecular complexity index is 2560. The molecule has 322 valence electrons. The van der Waals surface area contributed by atoms with E-state index in [1.807, 2.05) is 50.7 Å². The topological polar surface area (TPSA) is 202 Å². The van der Waals surface area contributed by atoms with E-state index in [1.54, 1.807) is 18.5 Å². The van der Waals surface area contributed by atoms with Crippen molar-refractivity contribution < 1.29 is 24.2 Å². The molecule has 3 aliphatic rings. The van der Waals surface area contributed by atoms with Crippen LogP contribution in [-0.4, -0.2) is 97.6 Å². The number of fused-ring (bicyclic) bond motifs is 2. The molecule has 0 radical (unpaired) electrons. The SMILES string of the molecule is CNC(=O)COc1cc2cc(Nc3nc(N4CCC(C(C)(O)C5CCN(c6cccc7c(C8CCC(=O)NC8=O)nn(C)c67)CC5)CC4)ncc3Cl)cnc2n(C(C)C)c1=O. The first-order valence-electron chi connectivity index (χ1n) is 20.9. The van der Waals surface area contributed by atoms with Crippen molar-refractivity contribution in [2.45, 2.75) is 76.9 Å². The predicted octanol–water partition coefficient (Wildman–Crippen LogP) is 4.58. The molecule has 2 atom stereocenters. The van der Waals surface area contributed by atoms with E-state index in [0.717, 1.165) is 55.4 Å². The van der Waals surface area contributed by atoms with Crippen molar-refractivity contribution >= 4 is 74.4 Å². The Labute approximate surface area is 357 Å². The Kier molecular flexibility index (Phi) is 11.6.